The van der Waals surface area contributed by atoms with Crippen LogP contribution >= 0.6 is 22.9 Å². The van der Waals surface area contributed by atoms with Gasteiger partial charge in [0.1, 0.15) is 0 Å². The number of aryl methyl sites for hydroxylation is 1. The number of allylic oxidation sites excluding steroid dienone is 1. The van der Waals surface area contributed by atoms with Crippen LogP contribution in [0.5, 0.6) is 0 Å². The number of hydrogen-bond acceptors (Lipinski definition) is 7. The highest BCUT2D eigenvalue weighted by molar-refractivity contribution is 7.07. The number of hydrogen-bond donors (Lipinski definition) is 0. The van der Waals surface area contributed by atoms with Gasteiger partial charge < -0.3 is 9.30 Å². The molecule has 0 saturated heterocycles. The van der Waals surface area contributed by atoms with Gasteiger partial charge in [0.2, 0.25) is 0 Å². The minimum absolute atomic E-state index is 0.0665. The zero-order valence-electron chi connectivity index (χ0n) is 22.8. The van der Waals surface area contributed by atoms with E-state index in [2.05, 4.69) is 4.99 Å². The van der Waals surface area contributed by atoms with Crippen molar-refractivity contribution in [3.63, 3.8) is 0 Å². The van der Waals surface area contributed by atoms with E-state index in [4.69, 9.17) is 16.3 Å². The molecule has 0 unspecified atom stereocenters. The summed E-state index contributed by atoms with van der Waals surface area (Å²) >= 11 is 6.78. The van der Waals surface area contributed by atoms with Gasteiger partial charge in [0.05, 0.1) is 27.7 Å². The fourth-order valence-electron chi connectivity index (χ4n) is 5.00. The van der Waals surface area contributed by atoms with Gasteiger partial charge in [-0.25, -0.2) is 9.79 Å². The molecule has 0 bridgehead atoms. The van der Waals surface area contributed by atoms with Crippen molar-refractivity contribution >= 4 is 40.7 Å². The van der Waals surface area contributed by atoms with Gasteiger partial charge in [-0.1, -0.05) is 35.1 Å². The van der Waals surface area contributed by atoms with E-state index >= 15 is 0 Å². The van der Waals surface area contributed by atoms with Gasteiger partial charge in [0.15, 0.2) is 10.5 Å². The second-order valence-electron chi connectivity index (χ2n) is 9.55. The summed E-state index contributed by atoms with van der Waals surface area (Å²) in [5.74, 6) is -1.24. The Morgan fingerprint density at radius 2 is 1.81 bits per heavy atom. The van der Waals surface area contributed by atoms with Crippen LogP contribution in [0.2, 0.25) is 5.02 Å². The van der Waals surface area contributed by atoms with Crippen molar-refractivity contribution in [3.8, 4) is 5.69 Å². The summed E-state index contributed by atoms with van der Waals surface area (Å²) in [7, 11) is 0. The first-order chi connectivity index (χ1) is 20.3. The lowest BCUT2D eigenvalue weighted by Crippen LogP contribution is -2.41. The van der Waals surface area contributed by atoms with Crippen molar-refractivity contribution in [1.29, 1.82) is 0 Å². The largest absolute Gasteiger partial charge is 0.463 e. The van der Waals surface area contributed by atoms with Crippen LogP contribution in [0.4, 0.5) is 18.9 Å². The summed E-state index contributed by atoms with van der Waals surface area (Å²) in [6.45, 7) is 4.88. The Bertz CT molecular complexity index is 1970. The van der Waals surface area contributed by atoms with Crippen LogP contribution in [0.15, 0.2) is 75.7 Å². The van der Waals surface area contributed by atoms with Crippen molar-refractivity contribution in [2.45, 2.75) is 33.0 Å². The van der Waals surface area contributed by atoms with Crippen LogP contribution in [0.3, 0.4) is 0 Å². The number of rotatable bonds is 6. The van der Waals surface area contributed by atoms with Crippen molar-refractivity contribution < 1.29 is 27.6 Å². The molecule has 1 aliphatic rings. The van der Waals surface area contributed by atoms with Crippen molar-refractivity contribution in [1.82, 2.24) is 9.13 Å². The summed E-state index contributed by atoms with van der Waals surface area (Å²) in [5.41, 5.74) is -0.0311. The second-order valence-corrected chi connectivity index (χ2v) is 11.0. The van der Waals surface area contributed by atoms with E-state index in [1.165, 1.54) is 43.3 Å². The van der Waals surface area contributed by atoms with Crippen molar-refractivity contribution in [3.05, 3.63) is 123 Å². The Kier molecular flexibility index (Phi) is 7.88. The number of carbonyl (C=O) groups is 1. The maximum Gasteiger partial charge on any atom is 0.434 e. The molecule has 2 aromatic carbocycles. The van der Waals surface area contributed by atoms with Crippen molar-refractivity contribution in [2.24, 2.45) is 4.99 Å². The van der Waals surface area contributed by atoms with Gasteiger partial charge in [0.25, 0.3) is 11.2 Å². The maximum absolute atomic E-state index is 14.3. The highest BCUT2D eigenvalue weighted by Gasteiger charge is 2.45. The molecule has 0 saturated carbocycles. The van der Waals surface area contributed by atoms with Crippen molar-refractivity contribution in [2.75, 3.05) is 6.61 Å². The van der Waals surface area contributed by atoms with Gasteiger partial charge in [-0.15, -0.1) is 0 Å². The second kappa shape index (κ2) is 11.3. The lowest BCUT2D eigenvalue weighted by molar-refractivity contribution is -0.384. The number of nitro groups is 1. The molecular formula is C29H22ClF3N4O5S. The van der Waals surface area contributed by atoms with E-state index < -0.39 is 39.9 Å². The van der Waals surface area contributed by atoms with Gasteiger partial charge in [-0.2, -0.15) is 13.2 Å². The quantitative estimate of drug-likeness (QED) is 0.163. The normalized spacial score (nSPS) is 15.3. The minimum Gasteiger partial charge on any atom is -0.463 e. The molecular weight excluding hydrogens is 609 g/mol. The molecule has 0 amide bonds. The van der Waals surface area contributed by atoms with Gasteiger partial charge in [-0.3, -0.25) is 19.5 Å². The number of benzene rings is 2. The molecule has 43 heavy (non-hydrogen) atoms. The van der Waals surface area contributed by atoms with Crippen LogP contribution in [0.25, 0.3) is 11.8 Å². The smallest absolute Gasteiger partial charge is 0.434 e. The number of carbonyl (C=O) groups excluding carboxylic acids is 1. The van der Waals surface area contributed by atoms with E-state index in [9.17, 15) is 32.9 Å². The van der Waals surface area contributed by atoms with Crippen LogP contribution < -0.4 is 14.9 Å². The summed E-state index contributed by atoms with van der Waals surface area (Å²) < 4.78 is 50.9. The lowest BCUT2D eigenvalue weighted by atomic mass is 9.95. The third kappa shape index (κ3) is 5.53. The number of nitrogens with zero attached hydrogens (tertiary/aromatic N) is 4. The van der Waals surface area contributed by atoms with E-state index in [0.29, 0.717) is 22.0 Å². The fourth-order valence-corrected chi connectivity index (χ4v) is 6.11. The Balaban J connectivity index is 1.72. The Labute approximate surface area is 250 Å². The molecule has 0 spiro atoms. The highest BCUT2D eigenvalue weighted by Crippen LogP contribution is 2.38. The summed E-state index contributed by atoms with van der Waals surface area (Å²) in [6.07, 6.45) is -3.47. The Morgan fingerprint density at radius 3 is 2.40 bits per heavy atom. The molecule has 1 aliphatic heterocycles. The molecule has 9 nitrogen and oxygen atoms in total. The number of fused-ring (bicyclic) bond motifs is 1. The molecule has 2 aromatic heterocycles. The third-order valence-electron chi connectivity index (χ3n) is 6.86. The number of esters is 1. The molecule has 5 rings (SSSR count). The molecule has 0 radical (unpaired) electrons. The number of halogens is 4. The molecule has 14 heteroatoms. The van der Waals surface area contributed by atoms with E-state index in [0.717, 1.165) is 21.6 Å². The fraction of sp³-hybridized carbons (Fsp3) is 0.207. The Morgan fingerprint density at radius 1 is 1.16 bits per heavy atom. The number of aromatic nitrogens is 2. The number of nitro benzene ring substituents is 1. The van der Waals surface area contributed by atoms with Crippen LogP contribution in [-0.2, 0) is 9.53 Å². The predicted molar refractivity (Wildman–Crippen MR) is 154 cm³/mol. The standard InChI is InChI=1S/C29H22ClF3N4O5S/c1-4-42-27(39)23-24(17-5-7-19(30)8-6-17)36-26(38)22(43-28(36)34-25(23)29(31,32)33)14-18-13-15(2)35(16(18)3)20-9-11-21(12-10-20)37(40)41/h5-14,24H,4H2,1-3H3/b22-14-/t24-/m0/s1. The third-order valence-corrected chi connectivity index (χ3v) is 8.09. The van der Waals surface area contributed by atoms with Gasteiger partial charge in [0, 0.05) is 34.2 Å². The average molecular weight is 631 g/mol. The highest BCUT2D eigenvalue weighted by atomic mass is 35.5. The average Bonchev–Trinajstić information content (AvgIpc) is 3.41. The lowest BCUT2D eigenvalue weighted by Gasteiger charge is -2.26. The first-order valence-corrected chi connectivity index (χ1v) is 14.0. The van der Waals surface area contributed by atoms with E-state index in [-0.39, 0.29) is 27.2 Å². The SMILES string of the molecule is CCOC(=O)C1=C(C(F)(F)F)N=c2s/c(=C\c3cc(C)n(-c4ccc([N+](=O)[O-])cc4)c3C)c(=O)n2[C@H]1c1ccc(Cl)cc1. The molecule has 0 N–H and O–H groups in total. The van der Waals surface area contributed by atoms with Crippen LogP contribution in [0.1, 0.15) is 35.5 Å². The number of ether oxygens (including phenoxy) is 1. The molecule has 222 valence electrons. The number of non-ortho nitro benzene ring substituents is 1. The molecule has 4 aromatic rings. The maximum atomic E-state index is 14.3. The summed E-state index contributed by atoms with van der Waals surface area (Å²) in [4.78, 5) is 40.9. The van der Waals surface area contributed by atoms with Gasteiger partial charge in [-0.05, 0) is 68.3 Å². The van der Waals surface area contributed by atoms with Gasteiger partial charge >= 0.3 is 12.1 Å². The van der Waals surface area contributed by atoms with Crippen LogP contribution in [0, 0.1) is 24.0 Å². The minimum atomic E-state index is -5.02. The first-order valence-electron chi connectivity index (χ1n) is 12.8. The monoisotopic (exact) mass is 630 g/mol. The zero-order chi connectivity index (χ0) is 31.2. The first kappa shape index (κ1) is 30.0. The predicted octanol–water partition coefficient (Wildman–Crippen LogP) is 5.31. The van der Waals surface area contributed by atoms with Crippen LogP contribution in [-0.4, -0.2) is 32.8 Å². The molecule has 1 atom stereocenters. The molecule has 0 aliphatic carbocycles. The molecule has 3 heterocycles. The van der Waals surface area contributed by atoms with E-state index in [1.807, 2.05) is 11.5 Å². The zero-order valence-corrected chi connectivity index (χ0v) is 24.4. The summed E-state index contributed by atoms with van der Waals surface area (Å²) in [5, 5.41) is 11.4. The van der Waals surface area contributed by atoms with E-state index in [1.54, 1.807) is 31.2 Å². The molecule has 0 fully saturated rings. The summed E-state index contributed by atoms with van der Waals surface area (Å²) in [6, 6.07) is 12.1. The topological polar surface area (TPSA) is 109 Å². The number of alkyl halides is 3. The Hall–Kier alpha value is -4.49. The number of thiazole rings is 1.